The van der Waals surface area contributed by atoms with E-state index < -0.39 is 0 Å². The van der Waals surface area contributed by atoms with E-state index in [4.69, 9.17) is 15.2 Å². The first kappa shape index (κ1) is 33.4. The molecule has 0 radical (unpaired) electrons. The number of benzene rings is 1. The van der Waals surface area contributed by atoms with Gasteiger partial charge in [-0.05, 0) is 75.2 Å². The van der Waals surface area contributed by atoms with Crippen LogP contribution in [0.25, 0.3) is 11.2 Å². The number of nitrogens with two attached hydrogens (primary N) is 1. The lowest BCUT2D eigenvalue weighted by Gasteiger charge is -2.31. The Hall–Kier alpha value is -3.97. The van der Waals surface area contributed by atoms with Gasteiger partial charge in [0.15, 0.2) is 11.5 Å². The second-order valence-corrected chi connectivity index (χ2v) is 12.5. The van der Waals surface area contributed by atoms with Crippen LogP contribution in [0.15, 0.2) is 29.1 Å². The van der Waals surface area contributed by atoms with Crippen molar-refractivity contribution >= 4 is 28.9 Å². The molecule has 5 rings (SSSR count). The SMILES string of the molecule is CCCCOc1nc(N)c2[nH]c(=O)n(CCCC3CCN(CC(=O)NCc4ccc(CC(=O)OC)cc4)[C@@H]3CN3CCCC3)c2n1. The zero-order valence-electron chi connectivity index (χ0n) is 27.1. The van der Waals surface area contributed by atoms with Crippen molar-refractivity contribution < 1.29 is 19.1 Å². The largest absolute Gasteiger partial charge is 0.469 e. The van der Waals surface area contributed by atoms with Crippen molar-refractivity contribution in [1.29, 1.82) is 0 Å². The monoisotopic (exact) mass is 636 g/mol. The number of amides is 1. The molecule has 2 saturated heterocycles. The summed E-state index contributed by atoms with van der Waals surface area (Å²) in [4.78, 5) is 53.8. The van der Waals surface area contributed by atoms with Crippen molar-refractivity contribution in [2.75, 3.05) is 52.2 Å². The molecule has 0 saturated carbocycles. The molecule has 2 aliphatic rings. The highest BCUT2D eigenvalue weighted by molar-refractivity contribution is 5.82. The van der Waals surface area contributed by atoms with Crippen LogP contribution in [0, 0.1) is 5.92 Å². The van der Waals surface area contributed by atoms with Gasteiger partial charge >= 0.3 is 17.7 Å². The Kier molecular flexibility index (Phi) is 11.6. The number of ether oxygens (including phenoxy) is 2. The Balaban J connectivity index is 1.17. The number of nitrogens with one attached hydrogen (secondary N) is 2. The maximum Gasteiger partial charge on any atom is 0.327 e. The normalized spacial score (nSPS) is 18.7. The van der Waals surface area contributed by atoms with Gasteiger partial charge < -0.3 is 30.4 Å². The molecule has 13 nitrogen and oxygen atoms in total. The number of rotatable bonds is 16. The Morgan fingerprint density at radius 3 is 2.59 bits per heavy atom. The topological polar surface area (TPSA) is 161 Å². The highest BCUT2D eigenvalue weighted by Crippen LogP contribution is 2.30. The summed E-state index contributed by atoms with van der Waals surface area (Å²) in [6.45, 7) is 7.90. The van der Waals surface area contributed by atoms with E-state index in [1.54, 1.807) is 4.57 Å². The molecule has 13 heteroatoms. The van der Waals surface area contributed by atoms with Gasteiger partial charge in [-0.1, -0.05) is 37.6 Å². The average Bonchev–Trinajstić information content (AvgIpc) is 3.78. The van der Waals surface area contributed by atoms with E-state index in [1.807, 2.05) is 24.3 Å². The third-order valence-electron chi connectivity index (χ3n) is 9.20. The molecule has 0 aliphatic carbocycles. The molecule has 2 aliphatic heterocycles. The number of fused-ring (bicyclic) bond motifs is 1. The second-order valence-electron chi connectivity index (χ2n) is 12.5. The Morgan fingerprint density at radius 2 is 1.85 bits per heavy atom. The van der Waals surface area contributed by atoms with E-state index in [1.165, 1.54) is 20.0 Å². The zero-order chi connectivity index (χ0) is 32.5. The van der Waals surface area contributed by atoms with Gasteiger partial charge in [0.2, 0.25) is 5.91 Å². The number of methoxy groups -OCH3 is 1. The molecule has 1 amide bonds. The van der Waals surface area contributed by atoms with Crippen molar-refractivity contribution in [3.63, 3.8) is 0 Å². The maximum absolute atomic E-state index is 13.1. The van der Waals surface area contributed by atoms with E-state index in [-0.39, 0.29) is 41.9 Å². The minimum atomic E-state index is -0.276. The second kappa shape index (κ2) is 16.0. The maximum atomic E-state index is 13.1. The molecule has 3 aromatic rings. The number of aromatic nitrogens is 4. The van der Waals surface area contributed by atoms with E-state index in [0.717, 1.165) is 69.4 Å². The van der Waals surface area contributed by atoms with Crippen LogP contribution in [-0.2, 0) is 33.8 Å². The van der Waals surface area contributed by atoms with Crippen molar-refractivity contribution in [1.82, 2.24) is 34.6 Å². The number of nitrogens with zero attached hydrogens (tertiary/aromatic N) is 5. The summed E-state index contributed by atoms with van der Waals surface area (Å²) in [7, 11) is 1.38. The molecule has 0 bridgehead atoms. The smallest absolute Gasteiger partial charge is 0.327 e. The number of hydrogen-bond donors (Lipinski definition) is 3. The van der Waals surface area contributed by atoms with Gasteiger partial charge in [0.1, 0.15) is 5.52 Å². The van der Waals surface area contributed by atoms with Gasteiger partial charge in [-0.25, -0.2) is 4.79 Å². The van der Waals surface area contributed by atoms with Crippen LogP contribution in [-0.4, -0.2) is 93.7 Å². The summed E-state index contributed by atoms with van der Waals surface area (Å²) < 4.78 is 12.0. The van der Waals surface area contributed by atoms with Crippen LogP contribution >= 0.6 is 0 Å². The van der Waals surface area contributed by atoms with Crippen molar-refractivity contribution in [2.45, 2.75) is 77.4 Å². The lowest BCUT2D eigenvalue weighted by Crippen LogP contribution is -2.46. The first-order chi connectivity index (χ1) is 22.3. The van der Waals surface area contributed by atoms with E-state index in [9.17, 15) is 14.4 Å². The molecule has 4 N–H and O–H groups in total. The molecule has 4 heterocycles. The van der Waals surface area contributed by atoms with Crippen molar-refractivity contribution in [3.8, 4) is 6.01 Å². The number of imidazole rings is 1. The van der Waals surface area contributed by atoms with Crippen molar-refractivity contribution in [3.05, 3.63) is 45.9 Å². The summed E-state index contributed by atoms with van der Waals surface area (Å²) >= 11 is 0. The summed E-state index contributed by atoms with van der Waals surface area (Å²) in [6.07, 6.45) is 7.29. The quantitative estimate of drug-likeness (QED) is 0.157. The third-order valence-corrected chi connectivity index (χ3v) is 9.20. The number of carbonyl (C=O) groups excluding carboxylic acids is 2. The number of esters is 1. The molecule has 2 aromatic heterocycles. The molecule has 2 fully saturated rings. The summed E-state index contributed by atoms with van der Waals surface area (Å²) in [5.41, 5.74) is 8.65. The van der Waals surface area contributed by atoms with Gasteiger partial charge in [0, 0.05) is 25.7 Å². The lowest BCUT2D eigenvalue weighted by atomic mass is 9.94. The Morgan fingerprint density at radius 1 is 1.09 bits per heavy atom. The number of H-pyrrole nitrogens is 1. The number of carbonyl (C=O) groups is 2. The number of likely N-dealkylation sites (tertiary alicyclic amines) is 2. The van der Waals surface area contributed by atoms with Gasteiger partial charge in [-0.2, -0.15) is 9.97 Å². The highest BCUT2D eigenvalue weighted by atomic mass is 16.5. The van der Waals surface area contributed by atoms with Crippen molar-refractivity contribution in [2.24, 2.45) is 5.92 Å². The van der Waals surface area contributed by atoms with Crippen LogP contribution in [0.1, 0.15) is 63.0 Å². The molecule has 2 atom stereocenters. The van der Waals surface area contributed by atoms with E-state index in [2.05, 4.69) is 37.0 Å². The van der Waals surface area contributed by atoms with Gasteiger partial charge in [0.25, 0.3) is 0 Å². The zero-order valence-corrected chi connectivity index (χ0v) is 27.1. The van der Waals surface area contributed by atoms with Gasteiger partial charge in [-0.3, -0.25) is 19.1 Å². The summed E-state index contributed by atoms with van der Waals surface area (Å²) in [5, 5.41) is 3.08. The van der Waals surface area contributed by atoms with E-state index in [0.29, 0.717) is 43.3 Å². The molecule has 250 valence electrons. The van der Waals surface area contributed by atoms with Crippen LogP contribution in [0.3, 0.4) is 0 Å². The third kappa shape index (κ3) is 8.64. The standard InChI is InChI=1S/C33H48N8O5/c1-3-4-18-46-32-37-30(34)29-31(38-32)41(33(44)36-29)16-7-8-25-13-17-40(26(25)21-39-14-5-6-15-39)22-27(42)35-20-24-11-9-23(10-12-24)19-28(43)45-2/h9-12,25-26H,3-8,13-22H2,1-2H3,(H,35,42)(H,36,44)(H2,34,37,38)/t25?,26-/m1/s1. The number of hydrogen-bond acceptors (Lipinski definition) is 10. The first-order valence-electron chi connectivity index (χ1n) is 16.6. The van der Waals surface area contributed by atoms with Crippen LogP contribution < -0.4 is 21.5 Å². The summed E-state index contributed by atoms with van der Waals surface area (Å²) in [6, 6.07) is 8.11. The molecule has 0 spiro atoms. The predicted molar refractivity (Wildman–Crippen MR) is 175 cm³/mol. The van der Waals surface area contributed by atoms with Crippen LogP contribution in [0.2, 0.25) is 0 Å². The van der Waals surface area contributed by atoms with E-state index >= 15 is 0 Å². The fraction of sp³-hybridized carbons (Fsp3) is 0.606. The number of unbranched alkanes of at least 4 members (excludes halogenated alkanes) is 1. The molecular weight excluding hydrogens is 588 g/mol. The molecule has 46 heavy (non-hydrogen) atoms. The Bertz CT molecular complexity index is 1510. The molecular formula is C33H48N8O5. The minimum Gasteiger partial charge on any atom is -0.469 e. The highest BCUT2D eigenvalue weighted by Gasteiger charge is 2.36. The summed E-state index contributed by atoms with van der Waals surface area (Å²) in [5.74, 6) is 0.356. The number of aryl methyl sites for hydroxylation is 1. The number of nitrogen functional groups attached to an aromatic ring is 1. The minimum absolute atomic E-state index is 0.00489. The number of anilines is 1. The Labute approximate surface area is 269 Å². The van der Waals surface area contributed by atoms with Crippen LogP contribution in [0.5, 0.6) is 6.01 Å². The van der Waals surface area contributed by atoms with Gasteiger partial charge in [-0.15, -0.1) is 0 Å². The molecule has 1 aromatic carbocycles. The fourth-order valence-electron chi connectivity index (χ4n) is 6.59. The average molecular weight is 637 g/mol. The lowest BCUT2D eigenvalue weighted by molar-refractivity contribution is -0.139. The fourth-order valence-corrected chi connectivity index (χ4v) is 6.59. The first-order valence-corrected chi connectivity index (χ1v) is 16.6. The number of aromatic amines is 1. The van der Waals surface area contributed by atoms with Crippen LogP contribution in [0.4, 0.5) is 5.82 Å². The molecule has 1 unspecified atom stereocenters. The predicted octanol–water partition coefficient (Wildman–Crippen LogP) is 2.48. The van der Waals surface area contributed by atoms with Gasteiger partial charge in [0.05, 0.1) is 26.7 Å².